The Morgan fingerprint density at radius 1 is 1.22 bits per heavy atom. The molecule has 0 saturated heterocycles. The van der Waals surface area contributed by atoms with E-state index in [1.807, 2.05) is 0 Å². The van der Waals surface area contributed by atoms with Gasteiger partial charge in [-0.05, 0) is 25.1 Å². The lowest BCUT2D eigenvalue weighted by molar-refractivity contribution is 0.790. The summed E-state index contributed by atoms with van der Waals surface area (Å²) < 4.78 is 1.46. The summed E-state index contributed by atoms with van der Waals surface area (Å²) in [7, 11) is 0. The Balaban J connectivity index is 2.71. The van der Waals surface area contributed by atoms with Crippen molar-refractivity contribution in [3.8, 4) is 11.8 Å². The third-order valence-electron chi connectivity index (χ3n) is 2.31. The number of hydrogen-bond donors (Lipinski definition) is 0. The molecule has 0 aliphatic heterocycles. The largest absolute Gasteiger partial charge is 0.287 e. The van der Waals surface area contributed by atoms with Crippen molar-refractivity contribution in [1.82, 2.24) is 9.78 Å². The van der Waals surface area contributed by atoms with Gasteiger partial charge in [0.2, 0.25) is 11.1 Å². The first-order valence-corrected chi connectivity index (χ1v) is 5.74. The molecule has 0 N–H and O–H groups in total. The average molecular weight is 280 g/mol. The topological polar surface area (TPSA) is 58.7 Å². The first kappa shape index (κ1) is 12.6. The van der Waals surface area contributed by atoms with Crippen molar-refractivity contribution in [1.29, 1.82) is 5.26 Å². The normalized spacial score (nSPS) is 10.1. The molecular formula is C12H7Cl2N3O. The molecule has 0 bridgehead atoms. The molecule has 0 aliphatic rings. The third-order valence-corrected chi connectivity index (χ3v) is 2.74. The number of rotatable bonds is 1. The van der Waals surface area contributed by atoms with Gasteiger partial charge in [0.15, 0.2) is 0 Å². The van der Waals surface area contributed by atoms with Crippen molar-refractivity contribution in [2.24, 2.45) is 0 Å². The lowest BCUT2D eigenvalue weighted by Gasteiger charge is -2.10. The fraction of sp³-hybridized carbons (Fsp3) is 0.0833. The molecule has 2 aromatic rings. The SMILES string of the molecule is Cc1cc(=O)c(C#N)nn1-c1cc(Cl)cc(Cl)c1. The first-order chi connectivity index (χ1) is 8.51. The van der Waals surface area contributed by atoms with Gasteiger partial charge in [0.1, 0.15) is 6.07 Å². The molecule has 0 unspecified atom stereocenters. The van der Waals surface area contributed by atoms with Crippen molar-refractivity contribution in [3.05, 3.63) is 55.9 Å². The highest BCUT2D eigenvalue weighted by Gasteiger charge is 2.08. The van der Waals surface area contributed by atoms with Crippen molar-refractivity contribution in [2.75, 3.05) is 0 Å². The quantitative estimate of drug-likeness (QED) is 0.807. The minimum Gasteiger partial charge on any atom is -0.287 e. The number of nitriles is 1. The van der Waals surface area contributed by atoms with Crippen LogP contribution in [-0.4, -0.2) is 9.78 Å². The maximum Gasteiger partial charge on any atom is 0.218 e. The van der Waals surface area contributed by atoms with E-state index < -0.39 is 5.43 Å². The molecule has 6 heteroatoms. The maximum absolute atomic E-state index is 11.4. The summed E-state index contributed by atoms with van der Waals surface area (Å²) in [4.78, 5) is 11.4. The number of hydrogen-bond acceptors (Lipinski definition) is 3. The van der Waals surface area contributed by atoms with Gasteiger partial charge in [0.25, 0.3) is 0 Å². The van der Waals surface area contributed by atoms with E-state index in [-0.39, 0.29) is 5.69 Å². The number of aromatic nitrogens is 2. The smallest absolute Gasteiger partial charge is 0.218 e. The van der Waals surface area contributed by atoms with Crippen LogP contribution in [0.15, 0.2) is 29.1 Å². The zero-order chi connectivity index (χ0) is 13.3. The summed E-state index contributed by atoms with van der Waals surface area (Å²) in [6, 6.07) is 8.00. The van der Waals surface area contributed by atoms with Gasteiger partial charge in [-0.15, -0.1) is 0 Å². The van der Waals surface area contributed by atoms with Crippen LogP contribution in [-0.2, 0) is 0 Å². The van der Waals surface area contributed by atoms with E-state index in [1.54, 1.807) is 31.2 Å². The average Bonchev–Trinajstić information content (AvgIpc) is 2.27. The Hall–Kier alpha value is -1.83. The van der Waals surface area contributed by atoms with Crippen LogP contribution in [0.1, 0.15) is 11.4 Å². The zero-order valence-electron chi connectivity index (χ0n) is 9.32. The summed E-state index contributed by atoms with van der Waals surface area (Å²) in [5.74, 6) is 0. The predicted molar refractivity (Wildman–Crippen MR) is 69.3 cm³/mol. The number of nitrogens with zero attached hydrogens (tertiary/aromatic N) is 3. The fourth-order valence-corrected chi connectivity index (χ4v) is 2.06. The molecule has 18 heavy (non-hydrogen) atoms. The Labute approximate surface area is 113 Å². The van der Waals surface area contributed by atoms with E-state index in [9.17, 15) is 4.79 Å². The molecule has 0 fully saturated rings. The Morgan fingerprint density at radius 2 is 1.83 bits per heavy atom. The monoisotopic (exact) mass is 279 g/mol. The van der Waals surface area contributed by atoms with Crippen LogP contribution < -0.4 is 5.43 Å². The van der Waals surface area contributed by atoms with Crippen LogP contribution >= 0.6 is 23.2 Å². The summed E-state index contributed by atoms with van der Waals surface area (Å²) in [5, 5.41) is 13.7. The van der Waals surface area contributed by atoms with Crippen molar-refractivity contribution >= 4 is 23.2 Å². The van der Waals surface area contributed by atoms with Gasteiger partial charge < -0.3 is 0 Å². The lowest BCUT2D eigenvalue weighted by Crippen LogP contribution is -2.16. The van der Waals surface area contributed by atoms with Gasteiger partial charge in [-0.3, -0.25) is 4.79 Å². The minimum absolute atomic E-state index is 0.170. The van der Waals surface area contributed by atoms with E-state index in [0.29, 0.717) is 21.4 Å². The molecular weight excluding hydrogens is 273 g/mol. The van der Waals surface area contributed by atoms with Gasteiger partial charge in [-0.1, -0.05) is 23.2 Å². The summed E-state index contributed by atoms with van der Waals surface area (Å²) in [6.07, 6.45) is 0. The molecule has 4 nitrogen and oxygen atoms in total. The van der Waals surface area contributed by atoms with E-state index >= 15 is 0 Å². The van der Waals surface area contributed by atoms with Gasteiger partial charge in [-0.25, -0.2) is 4.68 Å². The van der Waals surface area contributed by atoms with Crippen LogP contribution in [0.5, 0.6) is 0 Å². The molecule has 0 aliphatic carbocycles. The lowest BCUT2D eigenvalue weighted by atomic mass is 10.3. The van der Waals surface area contributed by atoms with E-state index in [0.717, 1.165) is 0 Å². The molecule has 1 aromatic heterocycles. The molecule has 2 rings (SSSR count). The second-order valence-electron chi connectivity index (χ2n) is 3.65. The molecule has 0 radical (unpaired) electrons. The highest BCUT2D eigenvalue weighted by atomic mass is 35.5. The minimum atomic E-state index is -0.403. The van der Waals surface area contributed by atoms with Crippen LogP contribution in [0.3, 0.4) is 0 Å². The molecule has 0 spiro atoms. The fourth-order valence-electron chi connectivity index (χ4n) is 1.55. The standard InChI is InChI=1S/C12H7Cl2N3O/c1-7-2-12(18)11(6-15)16-17(7)10-4-8(13)3-9(14)5-10/h2-5H,1H3. The summed E-state index contributed by atoms with van der Waals surface area (Å²) >= 11 is 11.8. The second kappa shape index (κ2) is 4.81. The van der Waals surface area contributed by atoms with E-state index in [2.05, 4.69) is 5.10 Å². The van der Waals surface area contributed by atoms with Crippen molar-refractivity contribution < 1.29 is 0 Å². The third kappa shape index (κ3) is 2.37. The predicted octanol–water partition coefficient (Wildman–Crippen LogP) is 2.72. The molecule has 90 valence electrons. The Kier molecular flexibility index (Phi) is 3.37. The summed E-state index contributed by atoms with van der Waals surface area (Å²) in [5.41, 5.74) is 0.620. The van der Waals surface area contributed by atoms with Crippen molar-refractivity contribution in [3.63, 3.8) is 0 Å². The van der Waals surface area contributed by atoms with Crippen LogP contribution in [0, 0.1) is 18.3 Å². The molecule has 1 aromatic carbocycles. The first-order valence-electron chi connectivity index (χ1n) is 4.99. The highest BCUT2D eigenvalue weighted by molar-refractivity contribution is 6.34. The van der Waals surface area contributed by atoms with Crippen LogP contribution in [0.2, 0.25) is 10.0 Å². The van der Waals surface area contributed by atoms with Gasteiger partial charge in [-0.2, -0.15) is 10.4 Å². The Bertz CT molecular complexity index is 696. The van der Waals surface area contributed by atoms with Crippen molar-refractivity contribution in [2.45, 2.75) is 6.92 Å². The highest BCUT2D eigenvalue weighted by Crippen LogP contribution is 2.21. The van der Waals surface area contributed by atoms with Gasteiger partial charge in [0, 0.05) is 21.8 Å². The Morgan fingerprint density at radius 3 is 2.39 bits per heavy atom. The molecule has 0 saturated carbocycles. The molecule has 0 amide bonds. The number of aryl methyl sites for hydroxylation is 1. The molecule has 0 atom stereocenters. The maximum atomic E-state index is 11.4. The zero-order valence-corrected chi connectivity index (χ0v) is 10.8. The van der Waals surface area contributed by atoms with Gasteiger partial charge >= 0.3 is 0 Å². The number of benzene rings is 1. The second-order valence-corrected chi connectivity index (χ2v) is 4.52. The molecule has 1 heterocycles. The van der Waals surface area contributed by atoms with E-state index in [4.69, 9.17) is 28.5 Å². The summed E-state index contributed by atoms with van der Waals surface area (Å²) in [6.45, 7) is 1.71. The van der Waals surface area contributed by atoms with Crippen LogP contribution in [0.25, 0.3) is 5.69 Å². The van der Waals surface area contributed by atoms with Crippen LogP contribution in [0.4, 0.5) is 0 Å². The van der Waals surface area contributed by atoms with Gasteiger partial charge in [0.05, 0.1) is 5.69 Å². The number of halogens is 2. The van der Waals surface area contributed by atoms with E-state index in [1.165, 1.54) is 10.7 Å².